The second-order valence-electron chi connectivity index (χ2n) is 12.6. The highest BCUT2D eigenvalue weighted by Gasteiger charge is 2.62. The Morgan fingerprint density at radius 1 is 0.966 bits per heavy atom. The van der Waals surface area contributed by atoms with Crippen LogP contribution in [0.25, 0.3) is 0 Å². The van der Waals surface area contributed by atoms with Crippen LogP contribution in [0.2, 0.25) is 0 Å². The number of Topliss-reactive ketones (excluding diaryl/α,β-unsaturated/α-hetero) is 1. The maximum atomic E-state index is 13.2. The predicted molar refractivity (Wildman–Crippen MR) is 119 cm³/mol. The van der Waals surface area contributed by atoms with E-state index in [1.54, 1.807) is 0 Å². The predicted octanol–water partition coefficient (Wildman–Crippen LogP) is 6.65. The number of fused-ring (bicyclic) bond motifs is 5. The van der Waals surface area contributed by atoms with Gasteiger partial charge in [-0.3, -0.25) is 4.79 Å². The molecule has 1 N–H and O–H groups in total. The minimum Gasteiger partial charge on any atom is -0.393 e. The van der Waals surface area contributed by atoms with Crippen LogP contribution >= 0.6 is 0 Å². The topological polar surface area (TPSA) is 37.3 Å². The monoisotopic (exact) mass is 402 g/mol. The van der Waals surface area contributed by atoms with Gasteiger partial charge in [0.05, 0.1) is 6.10 Å². The van der Waals surface area contributed by atoms with Gasteiger partial charge in [-0.25, -0.2) is 0 Å². The first kappa shape index (κ1) is 21.8. The van der Waals surface area contributed by atoms with Crippen LogP contribution in [0, 0.1) is 52.3 Å². The summed E-state index contributed by atoms with van der Waals surface area (Å²) in [6.45, 7) is 12.2. The molecule has 166 valence electrons. The number of carbonyl (C=O) groups excluding carboxylic acids is 1. The number of rotatable bonds is 5. The zero-order chi connectivity index (χ0) is 21.0. The van der Waals surface area contributed by atoms with Crippen LogP contribution in [0.3, 0.4) is 0 Å². The van der Waals surface area contributed by atoms with Crippen LogP contribution in [0.4, 0.5) is 0 Å². The number of aliphatic hydroxyl groups excluding tert-OH is 1. The summed E-state index contributed by atoms with van der Waals surface area (Å²) in [5.74, 6) is 5.21. The van der Waals surface area contributed by atoms with Crippen LogP contribution < -0.4 is 0 Å². The maximum absolute atomic E-state index is 13.2. The van der Waals surface area contributed by atoms with Crippen molar-refractivity contribution in [2.75, 3.05) is 0 Å². The van der Waals surface area contributed by atoms with Crippen LogP contribution in [0.15, 0.2) is 0 Å². The van der Waals surface area contributed by atoms with Crippen molar-refractivity contribution < 1.29 is 9.90 Å². The molecule has 0 amide bonds. The average molecular weight is 403 g/mol. The molecule has 2 nitrogen and oxygen atoms in total. The maximum Gasteiger partial charge on any atom is 0.136 e. The Morgan fingerprint density at radius 2 is 1.66 bits per heavy atom. The number of carbonyl (C=O) groups is 1. The lowest BCUT2D eigenvalue weighted by Gasteiger charge is -2.60. The molecule has 9 atom stereocenters. The lowest BCUT2D eigenvalue weighted by atomic mass is 9.44. The van der Waals surface area contributed by atoms with E-state index in [2.05, 4.69) is 34.6 Å². The Labute approximate surface area is 179 Å². The Hall–Kier alpha value is -0.370. The van der Waals surface area contributed by atoms with Crippen molar-refractivity contribution in [1.82, 2.24) is 0 Å². The van der Waals surface area contributed by atoms with E-state index in [1.165, 1.54) is 44.9 Å². The summed E-state index contributed by atoms with van der Waals surface area (Å²) in [5.41, 5.74) is 0.609. The van der Waals surface area contributed by atoms with Gasteiger partial charge < -0.3 is 5.11 Å². The van der Waals surface area contributed by atoms with Gasteiger partial charge in [0.25, 0.3) is 0 Å². The van der Waals surface area contributed by atoms with Crippen molar-refractivity contribution in [3.8, 4) is 0 Å². The van der Waals surface area contributed by atoms with Gasteiger partial charge in [0.2, 0.25) is 0 Å². The lowest BCUT2D eigenvalue weighted by molar-refractivity contribution is -0.160. The van der Waals surface area contributed by atoms with E-state index < -0.39 is 0 Å². The third kappa shape index (κ3) is 3.64. The minimum atomic E-state index is -0.245. The molecule has 0 bridgehead atoms. The molecule has 0 unspecified atom stereocenters. The van der Waals surface area contributed by atoms with E-state index in [0.717, 1.165) is 49.4 Å². The smallest absolute Gasteiger partial charge is 0.136 e. The van der Waals surface area contributed by atoms with Crippen molar-refractivity contribution in [3.05, 3.63) is 0 Å². The molecular formula is C27H46O2. The molecule has 0 aliphatic heterocycles. The fourth-order valence-electron chi connectivity index (χ4n) is 9.04. The standard InChI is InChI=1S/C27H46O2/c1-17(2)7-6-8-18(3)21-9-10-22-20-16-25(29)24-15-19(28)11-13-27(24,5)23(20)12-14-26(21,22)4/h17-24,28H,6-16H2,1-5H3/t18-,19+,20+,21+,22+,23+,24-,26-,27-/m1/s1. The van der Waals surface area contributed by atoms with E-state index in [-0.39, 0.29) is 17.4 Å². The van der Waals surface area contributed by atoms with Gasteiger partial charge in [0.15, 0.2) is 0 Å². The molecule has 0 aromatic carbocycles. The van der Waals surface area contributed by atoms with Gasteiger partial charge >= 0.3 is 0 Å². The average Bonchev–Trinajstić information content (AvgIpc) is 3.00. The molecule has 4 saturated carbocycles. The molecule has 0 saturated heterocycles. The molecular weight excluding hydrogens is 356 g/mol. The highest BCUT2D eigenvalue weighted by Crippen LogP contribution is 2.67. The molecule has 4 aliphatic rings. The van der Waals surface area contributed by atoms with Crippen molar-refractivity contribution >= 4 is 5.78 Å². The molecule has 4 fully saturated rings. The molecule has 0 aromatic rings. The lowest BCUT2D eigenvalue weighted by Crippen LogP contribution is -2.57. The number of hydrogen-bond acceptors (Lipinski definition) is 2. The Balaban J connectivity index is 1.50. The van der Waals surface area contributed by atoms with E-state index in [1.807, 2.05) is 0 Å². The fraction of sp³-hybridized carbons (Fsp3) is 0.963. The largest absolute Gasteiger partial charge is 0.393 e. The number of aliphatic hydroxyl groups is 1. The first-order valence-electron chi connectivity index (χ1n) is 12.9. The molecule has 0 radical (unpaired) electrons. The van der Waals surface area contributed by atoms with Crippen molar-refractivity contribution in [2.45, 2.75) is 111 Å². The molecule has 0 heterocycles. The molecule has 29 heavy (non-hydrogen) atoms. The summed E-state index contributed by atoms with van der Waals surface area (Å²) < 4.78 is 0. The first-order chi connectivity index (χ1) is 13.7. The molecule has 2 heteroatoms. The molecule has 4 aliphatic carbocycles. The summed E-state index contributed by atoms with van der Waals surface area (Å²) in [6.07, 6.45) is 12.8. The normalized spacial score (nSPS) is 48.2. The summed E-state index contributed by atoms with van der Waals surface area (Å²) in [5, 5.41) is 10.2. The van der Waals surface area contributed by atoms with Gasteiger partial charge in [0, 0.05) is 12.3 Å². The summed E-state index contributed by atoms with van der Waals surface area (Å²) >= 11 is 0. The molecule has 0 spiro atoms. The van der Waals surface area contributed by atoms with E-state index >= 15 is 0 Å². The number of ketones is 1. The van der Waals surface area contributed by atoms with Crippen LogP contribution in [0.1, 0.15) is 105 Å². The third-order valence-corrected chi connectivity index (χ3v) is 10.6. The minimum absolute atomic E-state index is 0.129. The van der Waals surface area contributed by atoms with Gasteiger partial charge in [-0.15, -0.1) is 0 Å². The van der Waals surface area contributed by atoms with E-state index in [4.69, 9.17) is 0 Å². The Morgan fingerprint density at radius 3 is 2.38 bits per heavy atom. The third-order valence-electron chi connectivity index (χ3n) is 10.6. The zero-order valence-corrected chi connectivity index (χ0v) is 19.8. The van der Waals surface area contributed by atoms with Crippen molar-refractivity contribution in [3.63, 3.8) is 0 Å². The van der Waals surface area contributed by atoms with Gasteiger partial charge in [-0.05, 0) is 91.3 Å². The summed E-state index contributed by atoms with van der Waals surface area (Å²) in [6, 6.07) is 0. The van der Waals surface area contributed by atoms with Gasteiger partial charge in [-0.2, -0.15) is 0 Å². The fourth-order valence-corrected chi connectivity index (χ4v) is 9.04. The van der Waals surface area contributed by atoms with Gasteiger partial charge in [0.1, 0.15) is 5.78 Å². The zero-order valence-electron chi connectivity index (χ0n) is 19.8. The SMILES string of the molecule is CC(C)CCC[C@@H](C)[C@@H]1CC[C@H]2[C@@H]3CC(=O)[C@H]4C[C@@H](O)CC[C@]4(C)[C@H]3CC[C@@]21C. The molecule has 4 rings (SSSR count). The van der Waals surface area contributed by atoms with Crippen LogP contribution in [-0.2, 0) is 4.79 Å². The van der Waals surface area contributed by atoms with E-state index in [0.29, 0.717) is 23.0 Å². The van der Waals surface area contributed by atoms with Crippen molar-refractivity contribution in [2.24, 2.45) is 52.3 Å². The van der Waals surface area contributed by atoms with Crippen molar-refractivity contribution in [1.29, 1.82) is 0 Å². The van der Waals surface area contributed by atoms with Crippen LogP contribution in [0.5, 0.6) is 0 Å². The molecule has 0 aromatic heterocycles. The second-order valence-corrected chi connectivity index (χ2v) is 12.6. The quantitative estimate of drug-likeness (QED) is 0.559. The summed E-state index contributed by atoms with van der Waals surface area (Å²) in [7, 11) is 0. The summed E-state index contributed by atoms with van der Waals surface area (Å²) in [4.78, 5) is 13.2. The Bertz CT molecular complexity index is 612. The highest BCUT2D eigenvalue weighted by atomic mass is 16.3. The van der Waals surface area contributed by atoms with Crippen LogP contribution in [-0.4, -0.2) is 17.0 Å². The second kappa shape index (κ2) is 7.95. The number of hydrogen-bond donors (Lipinski definition) is 1. The Kier molecular flexibility index (Phi) is 5.99. The van der Waals surface area contributed by atoms with E-state index in [9.17, 15) is 9.90 Å². The van der Waals surface area contributed by atoms with Gasteiger partial charge in [-0.1, -0.05) is 53.9 Å². The first-order valence-corrected chi connectivity index (χ1v) is 12.9. The highest BCUT2D eigenvalue weighted by molar-refractivity contribution is 5.83.